The highest BCUT2D eigenvalue weighted by Crippen LogP contribution is 2.33. The van der Waals surface area contributed by atoms with Crippen LogP contribution in [0, 0.1) is 5.82 Å². The zero-order chi connectivity index (χ0) is 22.2. The summed E-state index contributed by atoms with van der Waals surface area (Å²) >= 11 is 1.25. The number of para-hydroxylation sites is 2. The van der Waals surface area contributed by atoms with E-state index in [0.717, 1.165) is 11.3 Å². The lowest BCUT2D eigenvalue weighted by Crippen LogP contribution is -2.50. The molecular formula is C23H22FN5O2S. The predicted molar refractivity (Wildman–Crippen MR) is 124 cm³/mol. The number of carbonyl (C=O) groups excluding carboxylic acids is 2. The van der Waals surface area contributed by atoms with Crippen molar-refractivity contribution in [1.82, 2.24) is 9.80 Å². The Morgan fingerprint density at radius 2 is 1.81 bits per heavy atom. The van der Waals surface area contributed by atoms with Crippen LogP contribution in [0.1, 0.15) is 12.5 Å². The minimum absolute atomic E-state index is 0.0251. The summed E-state index contributed by atoms with van der Waals surface area (Å²) in [4.78, 5) is 40.0. The Hall–Kier alpha value is -3.20. The molecule has 1 saturated heterocycles. The molecule has 7 nitrogen and oxygen atoms in total. The Kier molecular flexibility index (Phi) is 5.42. The molecule has 9 heteroatoms. The Balaban J connectivity index is 1.25. The molecule has 0 aromatic heterocycles. The molecule has 164 valence electrons. The molecule has 32 heavy (non-hydrogen) atoms. The van der Waals surface area contributed by atoms with Crippen molar-refractivity contribution in [3.05, 3.63) is 59.9 Å². The van der Waals surface area contributed by atoms with E-state index in [1.165, 1.54) is 22.7 Å². The van der Waals surface area contributed by atoms with Gasteiger partial charge in [0.05, 0.1) is 17.1 Å². The van der Waals surface area contributed by atoms with Crippen LogP contribution >= 0.6 is 11.8 Å². The van der Waals surface area contributed by atoms with Gasteiger partial charge < -0.3 is 9.80 Å². The van der Waals surface area contributed by atoms with Crippen molar-refractivity contribution in [2.45, 2.75) is 13.0 Å². The number of fused-ring (bicyclic) bond motifs is 3. The number of amides is 2. The molecule has 2 aromatic carbocycles. The van der Waals surface area contributed by atoms with Gasteiger partial charge in [-0.1, -0.05) is 36.0 Å². The molecule has 3 aliphatic heterocycles. The van der Waals surface area contributed by atoms with Crippen molar-refractivity contribution < 1.29 is 14.0 Å². The van der Waals surface area contributed by atoms with Gasteiger partial charge in [-0.2, -0.15) is 0 Å². The molecule has 3 heterocycles. The molecule has 0 spiro atoms. The van der Waals surface area contributed by atoms with Crippen LogP contribution in [0.25, 0.3) is 0 Å². The predicted octanol–water partition coefficient (Wildman–Crippen LogP) is 2.89. The molecule has 2 aromatic rings. The molecule has 0 aliphatic carbocycles. The molecule has 1 fully saturated rings. The Morgan fingerprint density at radius 3 is 2.59 bits per heavy atom. The van der Waals surface area contributed by atoms with Gasteiger partial charge in [-0.25, -0.2) is 14.3 Å². The SMILES string of the molecule is C[C@H]1N=C2c3ccccc3N=C(SCC(=O)N3CCN(c4ccccc4F)CC3)N2C1=O. The maximum Gasteiger partial charge on any atom is 0.258 e. The number of amidine groups is 2. The Labute approximate surface area is 189 Å². The number of anilines is 1. The maximum absolute atomic E-state index is 14.0. The number of hydrogen-bond acceptors (Lipinski definition) is 6. The minimum atomic E-state index is -0.468. The van der Waals surface area contributed by atoms with Crippen LogP contribution in [0.3, 0.4) is 0 Å². The van der Waals surface area contributed by atoms with Crippen molar-refractivity contribution >= 4 is 46.0 Å². The van der Waals surface area contributed by atoms with Gasteiger partial charge in [-0.05, 0) is 31.2 Å². The molecule has 1 atom stereocenters. The second-order valence-corrected chi connectivity index (χ2v) is 8.76. The van der Waals surface area contributed by atoms with Gasteiger partial charge in [0.25, 0.3) is 5.91 Å². The number of halogens is 1. The summed E-state index contributed by atoms with van der Waals surface area (Å²) in [6.45, 7) is 3.96. The van der Waals surface area contributed by atoms with Crippen LogP contribution in [0.2, 0.25) is 0 Å². The highest BCUT2D eigenvalue weighted by atomic mass is 32.2. The number of thioether (sulfide) groups is 1. The topological polar surface area (TPSA) is 68.6 Å². The molecule has 0 bridgehead atoms. The average Bonchev–Trinajstić information content (AvgIpc) is 3.12. The van der Waals surface area contributed by atoms with Gasteiger partial charge in [0, 0.05) is 31.7 Å². The second-order valence-electron chi connectivity index (χ2n) is 7.82. The summed E-state index contributed by atoms with van der Waals surface area (Å²) in [6.07, 6.45) is 0. The van der Waals surface area contributed by atoms with Gasteiger partial charge in [0.2, 0.25) is 5.91 Å². The van der Waals surface area contributed by atoms with E-state index in [2.05, 4.69) is 9.98 Å². The van der Waals surface area contributed by atoms with Crippen molar-refractivity contribution in [3.63, 3.8) is 0 Å². The number of nitrogens with zero attached hydrogens (tertiary/aromatic N) is 5. The lowest BCUT2D eigenvalue weighted by Gasteiger charge is -2.36. The molecule has 0 unspecified atom stereocenters. The standard InChI is InChI=1S/C23H22FN5O2S/c1-15-22(31)29-21(25-15)16-6-2-4-8-18(16)26-23(29)32-14-20(30)28-12-10-27(11-13-28)19-9-5-3-7-17(19)24/h2-9,15H,10-14H2,1H3/t15-/m1/s1. The first-order valence-corrected chi connectivity index (χ1v) is 11.5. The highest BCUT2D eigenvalue weighted by molar-refractivity contribution is 8.14. The fourth-order valence-corrected chi connectivity index (χ4v) is 5.00. The third-order valence-electron chi connectivity index (χ3n) is 5.81. The molecule has 0 radical (unpaired) electrons. The smallest absolute Gasteiger partial charge is 0.258 e. The van der Waals surface area contributed by atoms with E-state index in [0.29, 0.717) is 42.9 Å². The molecule has 5 rings (SSSR count). The van der Waals surface area contributed by atoms with Crippen molar-refractivity contribution in [3.8, 4) is 0 Å². The summed E-state index contributed by atoms with van der Waals surface area (Å²) in [5.74, 6) is 0.364. The number of carbonyl (C=O) groups is 2. The summed E-state index contributed by atoms with van der Waals surface area (Å²) in [7, 11) is 0. The van der Waals surface area contributed by atoms with Crippen molar-refractivity contribution in [2.75, 3.05) is 36.8 Å². The number of piperazine rings is 1. The van der Waals surface area contributed by atoms with Crippen molar-refractivity contribution in [1.29, 1.82) is 0 Å². The van der Waals surface area contributed by atoms with Gasteiger partial charge >= 0.3 is 0 Å². The third-order valence-corrected chi connectivity index (χ3v) is 6.73. The monoisotopic (exact) mass is 451 g/mol. The van der Waals surface area contributed by atoms with Crippen molar-refractivity contribution in [2.24, 2.45) is 9.98 Å². The second kappa shape index (κ2) is 8.38. The minimum Gasteiger partial charge on any atom is -0.366 e. The van der Waals surface area contributed by atoms with Crippen LogP contribution in [0.5, 0.6) is 0 Å². The molecule has 0 N–H and O–H groups in total. The van der Waals surface area contributed by atoms with Crippen LogP contribution in [0.4, 0.5) is 15.8 Å². The van der Waals surface area contributed by atoms with E-state index in [1.54, 1.807) is 24.0 Å². The van der Waals surface area contributed by atoms with Crippen LogP contribution < -0.4 is 4.90 Å². The molecule has 2 amide bonds. The Bertz CT molecular complexity index is 1140. The van der Waals surface area contributed by atoms with Gasteiger partial charge in [0.15, 0.2) is 5.17 Å². The van der Waals surface area contributed by atoms with E-state index in [-0.39, 0.29) is 23.4 Å². The van der Waals surface area contributed by atoms with Gasteiger partial charge in [-0.15, -0.1) is 0 Å². The normalized spacial score (nSPS) is 20.0. The zero-order valence-electron chi connectivity index (χ0n) is 17.6. The van der Waals surface area contributed by atoms with Crippen LogP contribution in [0.15, 0.2) is 58.5 Å². The first-order chi connectivity index (χ1) is 15.5. The van der Waals surface area contributed by atoms with Crippen LogP contribution in [-0.2, 0) is 9.59 Å². The molecule has 3 aliphatic rings. The van der Waals surface area contributed by atoms with E-state index in [1.807, 2.05) is 35.2 Å². The van der Waals surface area contributed by atoms with E-state index >= 15 is 0 Å². The number of benzene rings is 2. The molecular weight excluding hydrogens is 429 g/mol. The maximum atomic E-state index is 14.0. The summed E-state index contributed by atoms with van der Waals surface area (Å²) in [5.41, 5.74) is 2.14. The van der Waals surface area contributed by atoms with E-state index in [4.69, 9.17) is 0 Å². The zero-order valence-corrected chi connectivity index (χ0v) is 18.4. The van der Waals surface area contributed by atoms with Crippen LogP contribution in [-0.4, -0.2) is 70.6 Å². The average molecular weight is 452 g/mol. The van der Waals surface area contributed by atoms with Gasteiger partial charge in [0.1, 0.15) is 17.7 Å². The highest BCUT2D eigenvalue weighted by Gasteiger charge is 2.39. The number of hydrogen-bond donors (Lipinski definition) is 0. The lowest BCUT2D eigenvalue weighted by atomic mass is 10.1. The Morgan fingerprint density at radius 1 is 1.09 bits per heavy atom. The number of rotatable bonds is 3. The quantitative estimate of drug-likeness (QED) is 0.720. The first kappa shape index (κ1) is 20.7. The lowest BCUT2D eigenvalue weighted by molar-refractivity contribution is -0.128. The number of aliphatic imine (C=N–C) groups is 2. The summed E-state index contributed by atoms with van der Waals surface area (Å²) in [5, 5.41) is 0.482. The fourth-order valence-electron chi connectivity index (χ4n) is 4.10. The fraction of sp³-hybridized carbons (Fsp3) is 0.304. The largest absolute Gasteiger partial charge is 0.366 e. The van der Waals surface area contributed by atoms with E-state index < -0.39 is 6.04 Å². The van der Waals surface area contributed by atoms with Gasteiger partial charge in [-0.3, -0.25) is 14.6 Å². The first-order valence-electron chi connectivity index (χ1n) is 10.5. The van der Waals surface area contributed by atoms with E-state index in [9.17, 15) is 14.0 Å². The third kappa shape index (κ3) is 3.66. The summed E-state index contributed by atoms with van der Waals surface area (Å²) in [6, 6.07) is 13.8. The summed E-state index contributed by atoms with van der Waals surface area (Å²) < 4.78 is 14.0. The molecule has 0 saturated carbocycles.